The van der Waals surface area contributed by atoms with E-state index in [1.165, 1.54) is 37.2 Å². The van der Waals surface area contributed by atoms with Crippen LogP contribution >= 0.6 is 0 Å². The normalized spacial score (nSPS) is 15.5. The number of rotatable bonds is 9. The SMILES string of the molecule is CN=C(NCCCOCc1ccco1)NCc1ccc(N2CCC(C)CC2)cc1. The van der Waals surface area contributed by atoms with Gasteiger partial charge in [-0.25, -0.2) is 0 Å². The Kier molecular flexibility index (Phi) is 8.43. The highest BCUT2D eigenvalue weighted by Crippen LogP contribution is 2.23. The van der Waals surface area contributed by atoms with Crippen molar-refractivity contribution in [1.82, 2.24) is 10.6 Å². The molecule has 0 saturated carbocycles. The van der Waals surface area contributed by atoms with Crippen molar-refractivity contribution in [2.45, 2.75) is 39.3 Å². The van der Waals surface area contributed by atoms with Crippen LogP contribution in [-0.4, -0.2) is 39.2 Å². The zero-order valence-electron chi connectivity index (χ0n) is 17.7. The van der Waals surface area contributed by atoms with Gasteiger partial charge in [-0.05, 0) is 55.0 Å². The molecule has 0 atom stereocenters. The number of benzene rings is 1. The molecule has 2 N–H and O–H groups in total. The van der Waals surface area contributed by atoms with Crippen LogP contribution in [0.2, 0.25) is 0 Å². The molecule has 1 fully saturated rings. The molecule has 0 spiro atoms. The van der Waals surface area contributed by atoms with E-state index in [1.54, 1.807) is 13.3 Å². The van der Waals surface area contributed by atoms with E-state index in [1.807, 2.05) is 12.1 Å². The lowest BCUT2D eigenvalue weighted by atomic mass is 9.99. The molecule has 1 saturated heterocycles. The predicted octanol–water partition coefficient (Wildman–Crippen LogP) is 3.79. The summed E-state index contributed by atoms with van der Waals surface area (Å²) in [5.74, 6) is 2.53. The molecule has 158 valence electrons. The van der Waals surface area contributed by atoms with Crippen LogP contribution < -0.4 is 15.5 Å². The second-order valence-electron chi connectivity index (χ2n) is 7.67. The highest BCUT2D eigenvalue weighted by Gasteiger charge is 2.15. The molecule has 2 aromatic rings. The number of nitrogens with one attached hydrogen (secondary N) is 2. The van der Waals surface area contributed by atoms with Crippen LogP contribution in [0.25, 0.3) is 0 Å². The third-order valence-corrected chi connectivity index (χ3v) is 5.35. The van der Waals surface area contributed by atoms with Crippen molar-refractivity contribution in [3.05, 3.63) is 54.0 Å². The molecule has 0 amide bonds. The summed E-state index contributed by atoms with van der Waals surface area (Å²) in [6.07, 6.45) is 5.15. The van der Waals surface area contributed by atoms with Gasteiger partial charge in [0, 0.05) is 45.5 Å². The number of anilines is 1. The average molecular weight is 399 g/mol. The van der Waals surface area contributed by atoms with Gasteiger partial charge in [-0.3, -0.25) is 4.99 Å². The first-order valence-corrected chi connectivity index (χ1v) is 10.6. The summed E-state index contributed by atoms with van der Waals surface area (Å²) in [7, 11) is 1.79. The van der Waals surface area contributed by atoms with Crippen LogP contribution in [0.5, 0.6) is 0 Å². The Morgan fingerprint density at radius 3 is 2.66 bits per heavy atom. The van der Waals surface area contributed by atoms with E-state index in [-0.39, 0.29) is 0 Å². The molecule has 0 unspecified atom stereocenters. The number of hydrogen-bond donors (Lipinski definition) is 2. The maximum Gasteiger partial charge on any atom is 0.191 e. The largest absolute Gasteiger partial charge is 0.467 e. The van der Waals surface area contributed by atoms with Gasteiger partial charge in [0.15, 0.2) is 5.96 Å². The number of ether oxygens (including phenoxy) is 1. The molecule has 1 aliphatic rings. The third kappa shape index (κ3) is 7.13. The highest BCUT2D eigenvalue weighted by atomic mass is 16.5. The zero-order valence-corrected chi connectivity index (χ0v) is 17.7. The van der Waals surface area contributed by atoms with Gasteiger partial charge in [-0.15, -0.1) is 0 Å². The van der Waals surface area contributed by atoms with Crippen molar-refractivity contribution < 1.29 is 9.15 Å². The van der Waals surface area contributed by atoms with Gasteiger partial charge < -0.3 is 24.7 Å². The van der Waals surface area contributed by atoms with Gasteiger partial charge in [0.25, 0.3) is 0 Å². The van der Waals surface area contributed by atoms with E-state index in [2.05, 4.69) is 51.7 Å². The van der Waals surface area contributed by atoms with E-state index >= 15 is 0 Å². The molecule has 2 heterocycles. The average Bonchev–Trinajstić information content (AvgIpc) is 3.27. The summed E-state index contributed by atoms with van der Waals surface area (Å²) in [5, 5.41) is 6.70. The Morgan fingerprint density at radius 2 is 1.97 bits per heavy atom. The Bertz CT molecular complexity index is 720. The first-order chi connectivity index (χ1) is 14.2. The molecule has 1 aromatic carbocycles. The van der Waals surface area contributed by atoms with Crippen LogP contribution in [0, 0.1) is 5.92 Å². The molecule has 0 bridgehead atoms. The summed E-state index contributed by atoms with van der Waals surface area (Å²) in [4.78, 5) is 6.78. The molecule has 1 aromatic heterocycles. The molecule has 6 nitrogen and oxygen atoms in total. The Balaban J connectivity index is 1.31. The minimum Gasteiger partial charge on any atom is -0.467 e. The second-order valence-corrected chi connectivity index (χ2v) is 7.67. The van der Waals surface area contributed by atoms with Crippen LogP contribution in [0.1, 0.15) is 37.5 Å². The zero-order chi connectivity index (χ0) is 20.3. The molecular weight excluding hydrogens is 364 g/mol. The smallest absolute Gasteiger partial charge is 0.191 e. The minimum atomic E-state index is 0.520. The standard InChI is InChI=1S/C23H34N4O2/c1-19-10-13-27(14-11-19)21-8-6-20(7-9-21)17-26-23(24-2)25-12-4-15-28-18-22-5-3-16-29-22/h3,5-9,16,19H,4,10-15,17-18H2,1-2H3,(H2,24,25,26). The Hall–Kier alpha value is -2.47. The summed E-state index contributed by atoms with van der Waals surface area (Å²) in [6, 6.07) is 12.7. The van der Waals surface area contributed by atoms with E-state index in [9.17, 15) is 0 Å². The number of furan rings is 1. The minimum absolute atomic E-state index is 0.520. The van der Waals surface area contributed by atoms with Crippen LogP contribution in [0.3, 0.4) is 0 Å². The topological polar surface area (TPSA) is 62.0 Å². The number of piperidine rings is 1. The van der Waals surface area contributed by atoms with Crippen molar-refractivity contribution in [1.29, 1.82) is 0 Å². The third-order valence-electron chi connectivity index (χ3n) is 5.35. The lowest BCUT2D eigenvalue weighted by Gasteiger charge is -2.32. The first kappa shape index (κ1) is 21.2. The fourth-order valence-corrected chi connectivity index (χ4v) is 3.45. The Labute approximate surface area is 174 Å². The number of nitrogens with zero attached hydrogens (tertiary/aromatic N) is 2. The van der Waals surface area contributed by atoms with Crippen molar-refractivity contribution in [2.24, 2.45) is 10.9 Å². The van der Waals surface area contributed by atoms with E-state index in [0.29, 0.717) is 13.2 Å². The van der Waals surface area contributed by atoms with Crippen molar-refractivity contribution in [2.75, 3.05) is 38.2 Å². The maximum absolute atomic E-state index is 5.59. The van der Waals surface area contributed by atoms with Gasteiger partial charge in [-0.2, -0.15) is 0 Å². The lowest BCUT2D eigenvalue weighted by molar-refractivity contribution is 0.105. The van der Waals surface area contributed by atoms with Gasteiger partial charge in [0.05, 0.1) is 6.26 Å². The summed E-state index contributed by atoms with van der Waals surface area (Å²) >= 11 is 0. The fraction of sp³-hybridized carbons (Fsp3) is 0.522. The summed E-state index contributed by atoms with van der Waals surface area (Å²) < 4.78 is 10.8. The molecular formula is C23H34N4O2. The molecule has 6 heteroatoms. The molecule has 1 aliphatic heterocycles. The summed E-state index contributed by atoms with van der Waals surface area (Å²) in [5.41, 5.74) is 2.58. The maximum atomic E-state index is 5.59. The van der Waals surface area contributed by atoms with E-state index < -0.39 is 0 Å². The second kappa shape index (κ2) is 11.5. The van der Waals surface area contributed by atoms with Crippen LogP contribution in [0.15, 0.2) is 52.1 Å². The quantitative estimate of drug-likeness (QED) is 0.382. The summed E-state index contributed by atoms with van der Waals surface area (Å²) in [6.45, 7) is 7.45. The Morgan fingerprint density at radius 1 is 1.17 bits per heavy atom. The highest BCUT2D eigenvalue weighted by molar-refractivity contribution is 5.79. The van der Waals surface area contributed by atoms with Gasteiger partial charge in [0.2, 0.25) is 0 Å². The fourth-order valence-electron chi connectivity index (χ4n) is 3.45. The van der Waals surface area contributed by atoms with Crippen molar-refractivity contribution in [3.63, 3.8) is 0 Å². The van der Waals surface area contributed by atoms with E-state index in [0.717, 1.165) is 37.1 Å². The van der Waals surface area contributed by atoms with Gasteiger partial charge >= 0.3 is 0 Å². The first-order valence-electron chi connectivity index (χ1n) is 10.6. The van der Waals surface area contributed by atoms with Gasteiger partial charge in [-0.1, -0.05) is 19.1 Å². The lowest BCUT2D eigenvalue weighted by Crippen LogP contribution is -2.37. The van der Waals surface area contributed by atoms with Crippen LogP contribution in [-0.2, 0) is 17.9 Å². The predicted molar refractivity (Wildman–Crippen MR) is 118 cm³/mol. The number of hydrogen-bond acceptors (Lipinski definition) is 4. The van der Waals surface area contributed by atoms with E-state index in [4.69, 9.17) is 9.15 Å². The van der Waals surface area contributed by atoms with Gasteiger partial charge in [0.1, 0.15) is 12.4 Å². The van der Waals surface area contributed by atoms with Crippen molar-refractivity contribution in [3.8, 4) is 0 Å². The number of guanidine groups is 1. The monoisotopic (exact) mass is 398 g/mol. The molecule has 3 rings (SSSR count). The molecule has 0 radical (unpaired) electrons. The molecule has 29 heavy (non-hydrogen) atoms. The molecule has 0 aliphatic carbocycles. The van der Waals surface area contributed by atoms with Crippen LogP contribution in [0.4, 0.5) is 5.69 Å². The van der Waals surface area contributed by atoms with Crippen molar-refractivity contribution >= 4 is 11.6 Å². The number of aliphatic imine (C=N–C) groups is 1.